The lowest BCUT2D eigenvalue weighted by atomic mass is 10.1. The van der Waals surface area contributed by atoms with Crippen molar-refractivity contribution in [3.63, 3.8) is 0 Å². The molecule has 0 radical (unpaired) electrons. The topological polar surface area (TPSA) is 107 Å². The number of amides is 3. The number of hydrogen-bond acceptors (Lipinski definition) is 7. The third-order valence-electron chi connectivity index (χ3n) is 8.30. The van der Waals surface area contributed by atoms with Crippen molar-refractivity contribution in [1.82, 2.24) is 24.4 Å². The van der Waals surface area contributed by atoms with E-state index >= 15 is 0 Å². The maximum atomic E-state index is 13.3. The first kappa shape index (κ1) is 30.5. The van der Waals surface area contributed by atoms with Crippen LogP contribution >= 0.6 is 0 Å². The Labute approximate surface area is 264 Å². The van der Waals surface area contributed by atoms with Crippen molar-refractivity contribution >= 4 is 34.6 Å². The van der Waals surface area contributed by atoms with Gasteiger partial charge in [0.15, 0.2) is 11.6 Å². The zero-order valence-corrected chi connectivity index (χ0v) is 26.1. The number of benzene rings is 2. The molecule has 0 spiro atoms. The van der Waals surface area contributed by atoms with Gasteiger partial charge in [-0.2, -0.15) is 0 Å². The van der Waals surface area contributed by atoms with Crippen molar-refractivity contribution in [2.75, 3.05) is 75.6 Å². The van der Waals surface area contributed by atoms with Crippen LogP contribution in [0.25, 0.3) is 16.9 Å². The first-order valence-corrected chi connectivity index (χ1v) is 15.8. The molecule has 2 aromatic carbocycles. The molecule has 1 saturated heterocycles. The number of anilines is 3. The molecule has 3 heterocycles. The lowest BCUT2D eigenvalue weighted by Crippen LogP contribution is -2.37. The van der Waals surface area contributed by atoms with Crippen LogP contribution in [-0.2, 0) is 4.74 Å². The van der Waals surface area contributed by atoms with Gasteiger partial charge in [0.1, 0.15) is 5.52 Å². The summed E-state index contributed by atoms with van der Waals surface area (Å²) < 4.78 is 7.37. The highest BCUT2D eigenvalue weighted by Crippen LogP contribution is 2.32. The van der Waals surface area contributed by atoms with Crippen LogP contribution in [0.2, 0.25) is 0 Å². The highest BCUT2D eigenvalue weighted by Gasteiger charge is 2.24. The molecule has 45 heavy (non-hydrogen) atoms. The van der Waals surface area contributed by atoms with Crippen molar-refractivity contribution in [2.45, 2.75) is 25.7 Å². The highest BCUT2D eigenvalue weighted by atomic mass is 16.5. The number of nitrogens with one attached hydrogen (secondary N) is 2. The van der Waals surface area contributed by atoms with Crippen LogP contribution in [0.15, 0.2) is 66.9 Å². The van der Waals surface area contributed by atoms with E-state index in [4.69, 9.17) is 14.8 Å². The molecular formula is C34H42N8O3. The summed E-state index contributed by atoms with van der Waals surface area (Å²) in [5.41, 5.74) is 3.69. The summed E-state index contributed by atoms with van der Waals surface area (Å²) in [6.07, 6.45) is 6.49. The molecule has 2 N–H and O–H groups in total. The Bertz CT molecular complexity index is 1590. The van der Waals surface area contributed by atoms with Gasteiger partial charge in [-0.3, -0.25) is 4.79 Å². The number of rotatable bonds is 12. The Morgan fingerprint density at radius 2 is 1.60 bits per heavy atom. The molecule has 1 aliphatic carbocycles. The molecule has 1 aliphatic heterocycles. The second-order valence-electron chi connectivity index (χ2n) is 12.1. The number of fused-ring (bicyclic) bond motifs is 1. The summed E-state index contributed by atoms with van der Waals surface area (Å²) in [4.78, 5) is 37.3. The summed E-state index contributed by atoms with van der Waals surface area (Å²) in [5, 5.41) is 10.4. The summed E-state index contributed by atoms with van der Waals surface area (Å²) in [7, 11) is 4.10. The van der Waals surface area contributed by atoms with E-state index in [1.54, 1.807) is 24.3 Å². The molecule has 11 nitrogen and oxygen atoms in total. The van der Waals surface area contributed by atoms with Crippen LogP contribution in [0.4, 0.5) is 22.0 Å². The van der Waals surface area contributed by atoms with Crippen molar-refractivity contribution < 1.29 is 14.3 Å². The Morgan fingerprint density at radius 3 is 2.27 bits per heavy atom. The van der Waals surface area contributed by atoms with Gasteiger partial charge in [0.25, 0.3) is 5.91 Å². The molecule has 3 amide bonds. The minimum atomic E-state index is -0.365. The average molecular weight is 611 g/mol. The molecule has 2 fully saturated rings. The lowest BCUT2D eigenvalue weighted by molar-refractivity contribution is 0.0746. The fraction of sp³-hybridized carbons (Fsp3) is 0.412. The first-order valence-electron chi connectivity index (χ1n) is 15.8. The van der Waals surface area contributed by atoms with Crippen LogP contribution in [0.1, 0.15) is 36.0 Å². The normalized spacial score (nSPS) is 15.0. The Hall–Kier alpha value is -4.48. The average Bonchev–Trinajstić information content (AvgIpc) is 3.76. The number of morpholine rings is 1. The third-order valence-corrected chi connectivity index (χ3v) is 8.30. The summed E-state index contributed by atoms with van der Waals surface area (Å²) in [6, 6.07) is 18.2. The van der Waals surface area contributed by atoms with Crippen LogP contribution in [0, 0.1) is 5.92 Å². The second-order valence-corrected chi connectivity index (χ2v) is 12.1. The predicted molar refractivity (Wildman–Crippen MR) is 177 cm³/mol. The summed E-state index contributed by atoms with van der Waals surface area (Å²) in [6.45, 7) is 5.39. The highest BCUT2D eigenvalue weighted by molar-refractivity contribution is 6.00. The van der Waals surface area contributed by atoms with Gasteiger partial charge < -0.3 is 30.1 Å². The number of aromatic nitrogens is 3. The molecule has 4 aromatic rings. The van der Waals surface area contributed by atoms with Gasteiger partial charge in [0.05, 0.1) is 13.2 Å². The number of nitrogens with zero attached hydrogens (tertiary/aromatic N) is 6. The van der Waals surface area contributed by atoms with Gasteiger partial charge in [-0.1, -0.05) is 12.8 Å². The zero-order chi connectivity index (χ0) is 31.2. The van der Waals surface area contributed by atoms with Gasteiger partial charge in [0.2, 0.25) is 0 Å². The van der Waals surface area contributed by atoms with E-state index in [1.165, 1.54) is 12.8 Å². The van der Waals surface area contributed by atoms with E-state index < -0.39 is 0 Å². The summed E-state index contributed by atoms with van der Waals surface area (Å²) in [5.74, 6) is 2.31. The maximum Gasteiger partial charge on any atom is 0.323 e. The van der Waals surface area contributed by atoms with Gasteiger partial charge in [-0.25, -0.2) is 14.3 Å². The van der Waals surface area contributed by atoms with Gasteiger partial charge in [0, 0.05) is 54.9 Å². The van der Waals surface area contributed by atoms with E-state index in [0.29, 0.717) is 36.0 Å². The number of ether oxygens (including phenoxy) is 1. The van der Waals surface area contributed by atoms with E-state index in [1.807, 2.05) is 52.0 Å². The van der Waals surface area contributed by atoms with E-state index in [2.05, 4.69) is 34.5 Å². The number of carbonyl (C=O) groups excluding carboxylic acids is 2. The van der Waals surface area contributed by atoms with Crippen LogP contribution in [0.3, 0.4) is 0 Å². The quantitative estimate of drug-likeness (QED) is 0.231. The number of urea groups is 1. The lowest BCUT2D eigenvalue weighted by Gasteiger charge is -2.28. The third kappa shape index (κ3) is 7.98. The summed E-state index contributed by atoms with van der Waals surface area (Å²) >= 11 is 0. The smallest absolute Gasteiger partial charge is 0.323 e. The number of carbonyl (C=O) groups is 2. The first-order chi connectivity index (χ1) is 21.9. The van der Waals surface area contributed by atoms with Crippen molar-refractivity contribution in [2.24, 2.45) is 5.92 Å². The van der Waals surface area contributed by atoms with E-state index in [0.717, 1.165) is 68.4 Å². The molecule has 0 atom stereocenters. The largest absolute Gasteiger partial charge is 0.378 e. The predicted octanol–water partition coefficient (Wildman–Crippen LogP) is 5.07. The van der Waals surface area contributed by atoms with Crippen LogP contribution in [0.5, 0.6) is 0 Å². The molecule has 0 bridgehead atoms. The minimum Gasteiger partial charge on any atom is -0.378 e. The van der Waals surface area contributed by atoms with Crippen molar-refractivity contribution in [1.29, 1.82) is 0 Å². The van der Waals surface area contributed by atoms with Crippen molar-refractivity contribution in [3.8, 4) is 11.4 Å². The molecule has 6 rings (SSSR count). The minimum absolute atomic E-state index is 0.0440. The molecular weight excluding hydrogens is 568 g/mol. The monoisotopic (exact) mass is 610 g/mol. The fourth-order valence-electron chi connectivity index (χ4n) is 5.56. The maximum absolute atomic E-state index is 13.3. The zero-order valence-electron chi connectivity index (χ0n) is 26.1. The molecule has 2 aliphatic rings. The van der Waals surface area contributed by atoms with E-state index in [9.17, 15) is 9.59 Å². The fourth-order valence-corrected chi connectivity index (χ4v) is 5.56. The van der Waals surface area contributed by atoms with Gasteiger partial charge >= 0.3 is 6.03 Å². The van der Waals surface area contributed by atoms with Gasteiger partial charge in [-0.05, 0) is 100 Å². The Morgan fingerprint density at radius 1 is 0.911 bits per heavy atom. The standard InChI is InChI=1S/C34H42N8O3/c1-39(2)17-4-18-41(20-16-25-6-7-25)33(43)27-10-14-29(15-11-27)36-34(44)35-28-12-8-26(9-13-28)31-37-32(40-21-23-45-24-22-40)30-5-3-19-42(30)38-31/h3,5,8-15,19,25H,4,6-7,16-18,20-24H2,1-2H3,(H2,35,36,44). The van der Waals surface area contributed by atoms with Crippen molar-refractivity contribution in [3.05, 3.63) is 72.4 Å². The molecule has 11 heteroatoms. The number of hydrogen-bond donors (Lipinski definition) is 2. The molecule has 1 saturated carbocycles. The van der Waals surface area contributed by atoms with E-state index in [-0.39, 0.29) is 11.9 Å². The Balaban J connectivity index is 1.06. The Kier molecular flexibility index (Phi) is 9.56. The van der Waals surface area contributed by atoms with Crippen LogP contribution < -0.4 is 15.5 Å². The second kappa shape index (κ2) is 14.1. The van der Waals surface area contributed by atoms with Gasteiger partial charge in [-0.15, -0.1) is 5.10 Å². The molecule has 0 unspecified atom stereocenters. The molecule has 2 aromatic heterocycles. The van der Waals surface area contributed by atoms with Crippen LogP contribution in [-0.4, -0.2) is 96.4 Å². The SMILES string of the molecule is CN(C)CCCN(CCC1CC1)C(=O)c1ccc(NC(=O)Nc2ccc(-c3nc(N4CCOCC4)c4cccn4n3)cc2)cc1. The molecule has 236 valence electrons.